The van der Waals surface area contributed by atoms with Crippen LogP contribution in [0.4, 0.5) is 0 Å². The van der Waals surface area contributed by atoms with E-state index in [9.17, 15) is 0 Å². The molecule has 0 aromatic heterocycles. The molecule has 26 heavy (non-hydrogen) atoms. The molecule has 0 spiro atoms. The third-order valence-electron chi connectivity index (χ3n) is 5.22. The number of benzene rings is 3. The summed E-state index contributed by atoms with van der Waals surface area (Å²) < 4.78 is -0.253. The van der Waals surface area contributed by atoms with E-state index >= 15 is 0 Å². The van der Waals surface area contributed by atoms with Crippen LogP contribution in [0.5, 0.6) is 0 Å². The molecule has 1 nitrogen and oxygen atoms in total. The Hall–Kier alpha value is -1.22. The Morgan fingerprint density at radius 2 is 0.885 bits per heavy atom. The molecule has 0 amide bonds. The van der Waals surface area contributed by atoms with E-state index in [2.05, 4.69) is 146 Å². The van der Waals surface area contributed by atoms with Gasteiger partial charge in [-0.05, 0) is 0 Å². The van der Waals surface area contributed by atoms with Crippen molar-refractivity contribution in [2.24, 2.45) is 0 Å². The number of hydrogen-bond donors (Lipinski definition) is 0. The van der Waals surface area contributed by atoms with Crippen molar-refractivity contribution in [1.29, 1.82) is 0 Å². The van der Waals surface area contributed by atoms with E-state index in [1.54, 1.807) is 0 Å². The van der Waals surface area contributed by atoms with Crippen molar-refractivity contribution >= 4 is 42.4 Å². The molecular weight excluding hydrogens is 448 g/mol. The number of rotatable bonds is 4. The number of halogens is 1. The average Bonchev–Trinajstić information content (AvgIpc) is 2.68. The van der Waals surface area contributed by atoms with Crippen LogP contribution in [0.15, 0.2) is 91.0 Å². The van der Waals surface area contributed by atoms with Gasteiger partial charge in [0.1, 0.15) is 0 Å². The molecule has 3 rings (SSSR count). The van der Waals surface area contributed by atoms with E-state index in [4.69, 9.17) is 0 Å². The minimum atomic E-state index is -2.88. The van der Waals surface area contributed by atoms with Crippen LogP contribution in [0.25, 0.3) is 0 Å². The molecule has 0 radical (unpaired) electrons. The number of nitrogens with zero attached hydrogens (tertiary/aromatic N) is 1. The normalized spacial score (nSPS) is 14.0. The molecule has 0 unspecified atom stereocenters. The second-order valence-corrected chi connectivity index (χ2v) is 17.4. The summed E-state index contributed by atoms with van der Waals surface area (Å²) in [5, 5.41) is 4.15. The van der Waals surface area contributed by atoms with Crippen LogP contribution < -0.4 is 15.9 Å². The zero-order chi connectivity index (χ0) is 18.9. The molecule has 0 heterocycles. The first-order chi connectivity index (χ1) is 12.3. The average molecular weight is 475 g/mol. The van der Waals surface area contributed by atoms with Crippen LogP contribution in [0, 0.1) is 0 Å². The van der Waals surface area contributed by atoms with E-state index in [1.807, 2.05) is 0 Å². The first kappa shape index (κ1) is 19.5. The first-order valence-corrected chi connectivity index (χ1v) is 13.9. The van der Waals surface area contributed by atoms with Crippen LogP contribution in [-0.2, 0) is 0 Å². The van der Waals surface area contributed by atoms with Crippen molar-refractivity contribution < 1.29 is 0 Å². The van der Waals surface area contributed by atoms with Gasteiger partial charge >= 0.3 is 171 Å². The molecule has 0 aliphatic carbocycles. The maximum absolute atomic E-state index is 2.88. The quantitative estimate of drug-likeness (QED) is 0.355. The van der Waals surface area contributed by atoms with Crippen LogP contribution in [0.3, 0.4) is 0 Å². The van der Waals surface area contributed by atoms with Crippen molar-refractivity contribution in [3.05, 3.63) is 91.0 Å². The van der Waals surface area contributed by atoms with Crippen molar-refractivity contribution in [3.8, 4) is 0 Å². The van der Waals surface area contributed by atoms with Gasteiger partial charge in [0, 0.05) is 0 Å². The summed E-state index contributed by atoms with van der Waals surface area (Å²) in [6, 6.07) is 33.1. The van der Waals surface area contributed by atoms with Crippen LogP contribution in [0.1, 0.15) is 20.8 Å². The van der Waals surface area contributed by atoms with Crippen LogP contribution in [-0.4, -0.2) is 17.3 Å². The molecule has 0 aliphatic rings. The summed E-state index contributed by atoms with van der Waals surface area (Å²) in [5.41, 5.74) is 0.000532. The van der Waals surface area contributed by atoms with Crippen molar-refractivity contribution in [2.75, 3.05) is 7.05 Å². The third kappa shape index (κ3) is 2.93. The summed E-state index contributed by atoms with van der Waals surface area (Å²) in [5.74, 6) is 0. The van der Waals surface area contributed by atoms with Crippen LogP contribution >= 0.6 is 26.4 Å². The van der Waals surface area contributed by atoms with Gasteiger partial charge in [-0.25, -0.2) is 0 Å². The Morgan fingerprint density at radius 3 is 1.12 bits per heavy atom. The summed E-state index contributed by atoms with van der Waals surface area (Å²) >= 11 is 2.81. The van der Waals surface area contributed by atoms with Crippen LogP contribution in [0.2, 0.25) is 0 Å². The van der Waals surface area contributed by atoms with E-state index in [0.29, 0.717) is 0 Å². The second-order valence-electron chi connectivity index (χ2n) is 7.67. The van der Waals surface area contributed by atoms with Crippen molar-refractivity contribution in [1.82, 2.24) is 4.67 Å². The van der Waals surface area contributed by atoms with E-state index in [0.717, 1.165) is 0 Å². The van der Waals surface area contributed by atoms with Gasteiger partial charge in [0.05, 0.1) is 0 Å². The molecule has 0 saturated heterocycles. The van der Waals surface area contributed by atoms with Gasteiger partial charge in [0.15, 0.2) is 0 Å². The monoisotopic (exact) mass is 475 g/mol. The van der Waals surface area contributed by atoms with Gasteiger partial charge in [-0.1, -0.05) is 0 Å². The van der Waals surface area contributed by atoms with Gasteiger partial charge < -0.3 is 0 Å². The zero-order valence-corrected chi connectivity index (χ0v) is 19.0. The van der Waals surface area contributed by atoms with Crippen molar-refractivity contribution in [3.63, 3.8) is 0 Å². The molecule has 0 N–H and O–H groups in total. The van der Waals surface area contributed by atoms with Gasteiger partial charge in [-0.2, -0.15) is 0 Å². The predicted molar refractivity (Wildman–Crippen MR) is 127 cm³/mol. The molecule has 3 aromatic carbocycles. The molecule has 0 aliphatic heterocycles. The molecular formula is C23H27INP. The molecule has 0 fully saturated rings. The fourth-order valence-corrected chi connectivity index (χ4v) is 13.7. The standard InChI is InChI=1S/C23H27INP/c1-23(2,3)25(4)26(24,20-14-8-5-9-15-20,21-16-10-6-11-17-21)22-18-12-7-13-19-22/h5-19H,1-4H3. The summed E-state index contributed by atoms with van der Waals surface area (Å²) in [4.78, 5) is 0. The molecule has 136 valence electrons. The Morgan fingerprint density at radius 1 is 0.615 bits per heavy atom. The van der Waals surface area contributed by atoms with Gasteiger partial charge in [0.25, 0.3) is 0 Å². The predicted octanol–water partition coefficient (Wildman–Crippen LogP) is 5.51. The molecule has 3 aromatic rings. The van der Waals surface area contributed by atoms with Gasteiger partial charge in [0.2, 0.25) is 0 Å². The first-order valence-electron chi connectivity index (χ1n) is 8.94. The maximum atomic E-state index is 2.81. The van der Waals surface area contributed by atoms with E-state index in [-0.39, 0.29) is 5.54 Å². The fourth-order valence-electron chi connectivity index (χ4n) is 3.63. The summed E-state index contributed by atoms with van der Waals surface area (Å²) in [6.07, 6.45) is 0. The summed E-state index contributed by atoms with van der Waals surface area (Å²) in [6.45, 7) is 6.92. The Kier molecular flexibility index (Phi) is 5.31. The topological polar surface area (TPSA) is 3.24 Å². The Labute approximate surface area is 170 Å². The fraction of sp³-hybridized carbons (Fsp3) is 0.217. The Balaban J connectivity index is 2.52. The third-order valence-corrected chi connectivity index (χ3v) is 17.6. The van der Waals surface area contributed by atoms with E-state index < -0.39 is 4.40 Å². The number of hydrogen-bond acceptors (Lipinski definition) is 1. The minimum absolute atomic E-state index is 0.000532. The van der Waals surface area contributed by atoms with Crippen molar-refractivity contribution in [2.45, 2.75) is 26.3 Å². The van der Waals surface area contributed by atoms with Gasteiger partial charge in [-0.15, -0.1) is 0 Å². The molecule has 0 atom stereocenters. The van der Waals surface area contributed by atoms with E-state index in [1.165, 1.54) is 15.9 Å². The summed E-state index contributed by atoms with van der Waals surface area (Å²) in [7, 11) is 2.29. The molecule has 0 saturated carbocycles. The second kappa shape index (κ2) is 7.07. The van der Waals surface area contributed by atoms with Gasteiger partial charge in [-0.3, -0.25) is 0 Å². The zero-order valence-electron chi connectivity index (χ0n) is 15.9. The Bertz CT molecular complexity index is 758. The molecule has 0 bridgehead atoms. The molecule has 3 heteroatoms. The SMILES string of the molecule is CN(C(C)(C)C)P(I)(c1ccccc1)(c1ccccc1)c1ccccc1.